The zero-order valence-electron chi connectivity index (χ0n) is 16.7. The molecule has 2 aromatic carbocycles. The number of ether oxygens (including phenoxy) is 1. The molecule has 1 saturated heterocycles. The lowest BCUT2D eigenvalue weighted by Gasteiger charge is -2.26. The highest BCUT2D eigenvalue weighted by Crippen LogP contribution is 2.24. The van der Waals surface area contributed by atoms with E-state index in [0.29, 0.717) is 30.5 Å². The minimum Gasteiger partial charge on any atom is -0.449 e. The Morgan fingerprint density at radius 1 is 0.903 bits per heavy atom. The Kier molecular flexibility index (Phi) is 5.84. The molecule has 0 aliphatic carbocycles. The molecule has 3 aromatic rings. The molecule has 164 valence electrons. The number of benzene rings is 2. The van der Waals surface area contributed by atoms with Crippen LogP contribution >= 0.6 is 0 Å². The fraction of sp³-hybridized carbons (Fsp3) is 0.250. The highest BCUT2D eigenvalue weighted by Gasteiger charge is 2.26. The van der Waals surface area contributed by atoms with Gasteiger partial charge in [-0.05, 0) is 36.4 Å². The van der Waals surface area contributed by atoms with Gasteiger partial charge in [-0.15, -0.1) is 0 Å². The average Bonchev–Trinajstić information content (AvgIpc) is 3.21. The van der Waals surface area contributed by atoms with Crippen LogP contribution in [0.4, 0.5) is 5.69 Å². The summed E-state index contributed by atoms with van der Waals surface area (Å²) in [6.07, 6.45) is 1.53. The van der Waals surface area contributed by atoms with Gasteiger partial charge < -0.3 is 9.15 Å². The Balaban J connectivity index is 1.50. The number of aromatic nitrogens is 1. The number of sulfonamides is 2. The molecule has 1 aromatic heterocycles. The maximum atomic E-state index is 12.7. The summed E-state index contributed by atoms with van der Waals surface area (Å²) in [6.45, 7) is 2.96. The Bertz CT molecular complexity index is 1260. The van der Waals surface area contributed by atoms with Crippen molar-refractivity contribution in [3.05, 3.63) is 60.7 Å². The Labute approximate surface area is 180 Å². The van der Waals surface area contributed by atoms with E-state index in [4.69, 9.17) is 9.15 Å². The first-order chi connectivity index (χ1) is 14.8. The lowest BCUT2D eigenvalue weighted by Crippen LogP contribution is -2.40. The van der Waals surface area contributed by atoms with Gasteiger partial charge in [-0.1, -0.05) is 12.1 Å². The van der Waals surface area contributed by atoms with Crippen molar-refractivity contribution in [3.8, 4) is 11.3 Å². The SMILES string of the molecule is Cc1nc(-c2ccc(NS(=O)(=O)c3ccc(S(=O)(=O)N4CCOCC4)cc3)cc2)co1. The molecule has 2 heterocycles. The van der Waals surface area contributed by atoms with Crippen molar-refractivity contribution in [1.82, 2.24) is 9.29 Å². The molecule has 4 rings (SSSR count). The summed E-state index contributed by atoms with van der Waals surface area (Å²) in [4.78, 5) is 4.23. The van der Waals surface area contributed by atoms with Crippen molar-refractivity contribution in [1.29, 1.82) is 0 Å². The van der Waals surface area contributed by atoms with E-state index in [0.717, 1.165) is 5.56 Å². The number of oxazole rings is 1. The zero-order chi connectivity index (χ0) is 22.1. The molecule has 11 heteroatoms. The smallest absolute Gasteiger partial charge is 0.261 e. The number of nitrogens with zero attached hydrogens (tertiary/aromatic N) is 2. The molecule has 0 bridgehead atoms. The molecule has 0 atom stereocenters. The van der Waals surface area contributed by atoms with Crippen LogP contribution in [-0.4, -0.2) is 52.4 Å². The number of anilines is 1. The number of aryl methyl sites for hydroxylation is 1. The molecule has 0 radical (unpaired) electrons. The average molecular weight is 464 g/mol. The Morgan fingerprint density at radius 3 is 2.10 bits per heavy atom. The van der Waals surface area contributed by atoms with Crippen molar-refractivity contribution in [2.75, 3.05) is 31.0 Å². The second kappa shape index (κ2) is 8.42. The van der Waals surface area contributed by atoms with Crippen molar-refractivity contribution in [2.45, 2.75) is 16.7 Å². The summed E-state index contributed by atoms with van der Waals surface area (Å²) in [5.74, 6) is 0.541. The monoisotopic (exact) mass is 463 g/mol. The predicted octanol–water partition coefficient (Wildman–Crippen LogP) is 2.47. The lowest BCUT2D eigenvalue weighted by molar-refractivity contribution is 0.0730. The van der Waals surface area contributed by atoms with E-state index in [-0.39, 0.29) is 22.9 Å². The Hall–Kier alpha value is -2.73. The molecule has 0 spiro atoms. The summed E-state index contributed by atoms with van der Waals surface area (Å²) in [7, 11) is -7.57. The van der Waals surface area contributed by atoms with Gasteiger partial charge in [-0.3, -0.25) is 4.72 Å². The van der Waals surface area contributed by atoms with Gasteiger partial charge in [0.25, 0.3) is 10.0 Å². The van der Waals surface area contributed by atoms with E-state index in [2.05, 4.69) is 9.71 Å². The predicted molar refractivity (Wildman–Crippen MR) is 114 cm³/mol. The molecule has 0 amide bonds. The van der Waals surface area contributed by atoms with Crippen molar-refractivity contribution >= 4 is 25.7 Å². The first-order valence-corrected chi connectivity index (χ1v) is 12.4. The number of nitrogens with one attached hydrogen (secondary N) is 1. The quantitative estimate of drug-likeness (QED) is 0.596. The summed E-state index contributed by atoms with van der Waals surface area (Å²) in [5.41, 5.74) is 1.82. The van der Waals surface area contributed by atoms with Crippen molar-refractivity contribution in [2.24, 2.45) is 0 Å². The molecule has 9 nitrogen and oxygen atoms in total. The highest BCUT2D eigenvalue weighted by molar-refractivity contribution is 7.92. The minimum atomic E-state index is -3.89. The molecule has 31 heavy (non-hydrogen) atoms. The molecule has 0 saturated carbocycles. The summed E-state index contributed by atoms with van der Waals surface area (Å²) in [5, 5.41) is 0. The zero-order valence-corrected chi connectivity index (χ0v) is 18.3. The molecule has 1 aliphatic rings. The molecule has 1 aliphatic heterocycles. The Morgan fingerprint density at radius 2 is 1.52 bits per heavy atom. The van der Waals surface area contributed by atoms with E-state index >= 15 is 0 Å². The fourth-order valence-corrected chi connectivity index (χ4v) is 5.61. The van der Waals surface area contributed by atoms with Gasteiger partial charge in [0, 0.05) is 31.3 Å². The first-order valence-electron chi connectivity index (χ1n) is 9.49. The van der Waals surface area contributed by atoms with Crippen LogP contribution in [0, 0.1) is 6.92 Å². The van der Waals surface area contributed by atoms with E-state index in [1.807, 2.05) is 0 Å². The lowest BCUT2D eigenvalue weighted by atomic mass is 10.1. The van der Waals surface area contributed by atoms with Crippen LogP contribution < -0.4 is 4.72 Å². The maximum absolute atomic E-state index is 12.7. The highest BCUT2D eigenvalue weighted by atomic mass is 32.2. The van der Waals surface area contributed by atoms with Crippen LogP contribution in [0.1, 0.15) is 5.89 Å². The first kappa shape index (κ1) is 21.5. The molecular weight excluding hydrogens is 442 g/mol. The number of morpholine rings is 1. The minimum absolute atomic E-state index is 0.0374. The maximum Gasteiger partial charge on any atom is 0.261 e. The van der Waals surface area contributed by atoms with Crippen LogP contribution in [0.25, 0.3) is 11.3 Å². The number of rotatable bonds is 6. The fourth-order valence-electron chi connectivity index (χ4n) is 3.15. The van der Waals surface area contributed by atoms with E-state index in [1.165, 1.54) is 34.8 Å². The van der Waals surface area contributed by atoms with Gasteiger partial charge >= 0.3 is 0 Å². The van der Waals surface area contributed by atoms with E-state index in [1.54, 1.807) is 31.2 Å². The molecule has 1 N–H and O–H groups in total. The standard InChI is InChI=1S/C20H21N3O6S2/c1-15-21-20(14-29-15)16-2-4-17(5-3-16)22-30(24,25)18-6-8-19(9-7-18)31(26,27)23-10-12-28-13-11-23/h2-9,14,22H,10-13H2,1H3. The van der Waals surface area contributed by atoms with E-state index < -0.39 is 20.0 Å². The molecule has 1 fully saturated rings. The number of hydrogen-bond donors (Lipinski definition) is 1. The van der Waals surface area contributed by atoms with Crippen LogP contribution in [0.3, 0.4) is 0 Å². The summed E-state index contributed by atoms with van der Waals surface area (Å²) in [6, 6.07) is 11.9. The van der Waals surface area contributed by atoms with Crippen LogP contribution in [0.15, 0.2) is 69.0 Å². The van der Waals surface area contributed by atoms with Crippen LogP contribution in [0.5, 0.6) is 0 Å². The van der Waals surface area contributed by atoms with Crippen LogP contribution in [-0.2, 0) is 24.8 Å². The van der Waals surface area contributed by atoms with Gasteiger partial charge in [0.2, 0.25) is 10.0 Å². The number of hydrogen-bond acceptors (Lipinski definition) is 7. The van der Waals surface area contributed by atoms with Crippen molar-refractivity contribution in [3.63, 3.8) is 0 Å². The largest absolute Gasteiger partial charge is 0.449 e. The second-order valence-corrected chi connectivity index (χ2v) is 10.5. The van der Waals surface area contributed by atoms with Gasteiger partial charge in [0.15, 0.2) is 5.89 Å². The summed E-state index contributed by atoms with van der Waals surface area (Å²) >= 11 is 0. The van der Waals surface area contributed by atoms with Crippen LogP contribution in [0.2, 0.25) is 0 Å². The molecular formula is C20H21N3O6S2. The van der Waals surface area contributed by atoms with Gasteiger partial charge in [0.05, 0.1) is 23.0 Å². The molecule has 0 unspecified atom stereocenters. The third-order valence-electron chi connectivity index (χ3n) is 4.79. The third kappa shape index (κ3) is 4.64. The van der Waals surface area contributed by atoms with E-state index in [9.17, 15) is 16.8 Å². The van der Waals surface area contributed by atoms with Gasteiger partial charge in [-0.25, -0.2) is 21.8 Å². The second-order valence-electron chi connectivity index (χ2n) is 6.92. The summed E-state index contributed by atoms with van der Waals surface area (Å²) < 4.78 is 65.0. The van der Waals surface area contributed by atoms with Gasteiger partial charge in [0.1, 0.15) is 12.0 Å². The topological polar surface area (TPSA) is 119 Å². The van der Waals surface area contributed by atoms with Gasteiger partial charge in [-0.2, -0.15) is 4.31 Å². The van der Waals surface area contributed by atoms with Crippen molar-refractivity contribution < 1.29 is 26.0 Å². The normalized spacial score (nSPS) is 15.6. The third-order valence-corrected chi connectivity index (χ3v) is 8.10.